The lowest BCUT2D eigenvalue weighted by molar-refractivity contribution is -0.122. The molecule has 1 atom stereocenters. The summed E-state index contributed by atoms with van der Waals surface area (Å²) in [5.41, 5.74) is 3.69. The predicted molar refractivity (Wildman–Crippen MR) is 107 cm³/mol. The van der Waals surface area contributed by atoms with Crippen LogP contribution in [0.3, 0.4) is 0 Å². The third kappa shape index (κ3) is 4.13. The molecule has 2 amide bonds. The molecule has 5 heteroatoms. The SMILES string of the molecule is Cc1cccc(NC(=O)C2CC(=O)N(c3ccccc3OC(C)C)C2)c1C. The number of hydrogen-bond donors (Lipinski definition) is 1. The molecule has 2 aromatic rings. The summed E-state index contributed by atoms with van der Waals surface area (Å²) in [7, 11) is 0. The van der Waals surface area contributed by atoms with Crippen LogP contribution in [-0.4, -0.2) is 24.5 Å². The van der Waals surface area contributed by atoms with Crippen molar-refractivity contribution in [1.82, 2.24) is 0 Å². The summed E-state index contributed by atoms with van der Waals surface area (Å²) >= 11 is 0. The Hall–Kier alpha value is -2.82. The van der Waals surface area contributed by atoms with Gasteiger partial charge in [0.2, 0.25) is 11.8 Å². The van der Waals surface area contributed by atoms with Crippen molar-refractivity contribution in [1.29, 1.82) is 0 Å². The lowest BCUT2D eigenvalue weighted by atomic mass is 10.1. The first kappa shape index (κ1) is 19.0. The highest BCUT2D eigenvalue weighted by Crippen LogP contribution is 2.34. The second kappa shape index (κ2) is 7.82. The zero-order valence-electron chi connectivity index (χ0n) is 16.3. The van der Waals surface area contributed by atoms with E-state index in [1.54, 1.807) is 4.90 Å². The van der Waals surface area contributed by atoms with Gasteiger partial charge < -0.3 is 15.0 Å². The topological polar surface area (TPSA) is 58.6 Å². The number of carbonyl (C=O) groups excluding carboxylic acids is 2. The number of nitrogens with one attached hydrogen (secondary N) is 1. The Balaban J connectivity index is 1.76. The highest BCUT2D eigenvalue weighted by atomic mass is 16.5. The maximum absolute atomic E-state index is 12.7. The van der Waals surface area contributed by atoms with Crippen molar-refractivity contribution in [2.24, 2.45) is 5.92 Å². The van der Waals surface area contributed by atoms with E-state index in [4.69, 9.17) is 4.74 Å². The Labute approximate surface area is 160 Å². The minimum Gasteiger partial charge on any atom is -0.489 e. The van der Waals surface area contributed by atoms with Gasteiger partial charge in [-0.05, 0) is 57.0 Å². The molecule has 0 saturated carbocycles. The van der Waals surface area contributed by atoms with Crippen LogP contribution in [0.4, 0.5) is 11.4 Å². The van der Waals surface area contributed by atoms with E-state index in [9.17, 15) is 9.59 Å². The molecule has 0 bridgehead atoms. The lowest BCUT2D eigenvalue weighted by Gasteiger charge is -2.21. The van der Waals surface area contributed by atoms with Crippen LogP contribution in [-0.2, 0) is 9.59 Å². The van der Waals surface area contributed by atoms with E-state index in [-0.39, 0.29) is 30.3 Å². The molecule has 1 fully saturated rings. The highest BCUT2D eigenvalue weighted by molar-refractivity contribution is 6.04. The van der Waals surface area contributed by atoms with Gasteiger partial charge in [-0.25, -0.2) is 0 Å². The van der Waals surface area contributed by atoms with E-state index in [0.29, 0.717) is 12.3 Å². The molecule has 3 rings (SSSR count). The van der Waals surface area contributed by atoms with Gasteiger partial charge in [-0.15, -0.1) is 0 Å². The summed E-state index contributed by atoms with van der Waals surface area (Å²) in [6.07, 6.45) is 0.208. The zero-order valence-corrected chi connectivity index (χ0v) is 16.3. The van der Waals surface area contributed by atoms with Crippen LogP contribution in [0, 0.1) is 19.8 Å². The first-order valence-electron chi connectivity index (χ1n) is 9.30. The quantitative estimate of drug-likeness (QED) is 0.867. The number of nitrogens with zero attached hydrogens (tertiary/aromatic N) is 1. The fourth-order valence-corrected chi connectivity index (χ4v) is 3.27. The Bertz CT molecular complexity index is 860. The number of anilines is 2. The van der Waals surface area contributed by atoms with Crippen molar-refractivity contribution in [3.05, 3.63) is 53.6 Å². The number of carbonyl (C=O) groups is 2. The van der Waals surface area contributed by atoms with Crippen molar-refractivity contribution in [2.75, 3.05) is 16.8 Å². The second-order valence-corrected chi connectivity index (χ2v) is 7.28. The lowest BCUT2D eigenvalue weighted by Crippen LogP contribution is -2.28. The normalized spacial score (nSPS) is 16.7. The molecule has 1 aliphatic rings. The van der Waals surface area contributed by atoms with Crippen LogP contribution in [0.15, 0.2) is 42.5 Å². The van der Waals surface area contributed by atoms with E-state index >= 15 is 0 Å². The second-order valence-electron chi connectivity index (χ2n) is 7.28. The first-order chi connectivity index (χ1) is 12.9. The van der Waals surface area contributed by atoms with Crippen molar-refractivity contribution in [2.45, 2.75) is 40.2 Å². The number of rotatable bonds is 5. The first-order valence-corrected chi connectivity index (χ1v) is 9.30. The fourth-order valence-electron chi connectivity index (χ4n) is 3.27. The molecular weight excluding hydrogens is 340 g/mol. The fraction of sp³-hybridized carbons (Fsp3) is 0.364. The van der Waals surface area contributed by atoms with E-state index < -0.39 is 0 Å². The molecule has 0 aromatic heterocycles. The Morgan fingerprint density at radius 3 is 2.63 bits per heavy atom. The standard InChI is InChI=1S/C22H26N2O3/c1-14(2)27-20-11-6-5-10-19(20)24-13-17(12-21(24)25)22(26)23-18-9-7-8-15(3)16(18)4/h5-11,14,17H,12-13H2,1-4H3,(H,23,26). The van der Waals surface area contributed by atoms with Crippen LogP contribution in [0.5, 0.6) is 5.75 Å². The molecule has 1 heterocycles. The van der Waals surface area contributed by atoms with Crippen molar-refractivity contribution in [3.63, 3.8) is 0 Å². The van der Waals surface area contributed by atoms with Gasteiger partial charge in [0.05, 0.1) is 17.7 Å². The van der Waals surface area contributed by atoms with Crippen molar-refractivity contribution >= 4 is 23.2 Å². The maximum Gasteiger partial charge on any atom is 0.229 e. The molecule has 1 aliphatic heterocycles. The molecule has 2 aromatic carbocycles. The third-order valence-electron chi connectivity index (χ3n) is 4.88. The van der Waals surface area contributed by atoms with Crippen molar-refractivity contribution in [3.8, 4) is 5.75 Å². The zero-order chi connectivity index (χ0) is 19.6. The summed E-state index contributed by atoms with van der Waals surface area (Å²) in [6, 6.07) is 13.3. The molecule has 5 nitrogen and oxygen atoms in total. The van der Waals surface area contributed by atoms with Crippen LogP contribution in [0.1, 0.15) is 31.4 Å². The van der Waals surface area contributed by atoms with Crippen LogP contribution in [0.25, 0.3) is 0 Å². The van der Waals surface area contributed by atoms with Gasteiger partial charge in [0.1, 0.15) is 5.75 Å². The van der Waals surface area contributed by atoms with Crippen LogP contribution in [0.2, 0.25) is 0 Å². The predicted octanol–water partition coefficient (Wildman–Crippen LogP) is 4.08. The van der Waals surface area contributed by atoms with E-state index in [1.165, 1.54) is 0 Å². The molecule has 1 unspecified atom stereocenters. The average Bonchev–Trinajstić information content (AvgIpc) is 3.01. The molecule has 0 aliphatic carbocycles. The van der Waals surface area contributed by atoms with E-state index in [0.717, 1.165) is 22.5 Å². The molecule has 0 radical (unpaired) electrons. The van der Waals surface area contributed by atoms with Gasteiger partial charge >= 0.3 is 0 Å². The summed E-state index contributed by atoms with van der Waals surface area (Å²) in [5.74, 6) is 0.0960. The van der Waals surface area contributed by atoms with Gasteiger partial charge in [-0.1, -0.05) is 24.3 Å². The highest BCUT2D eigenvalue weighted by Gasteiger charge is 2.36. The molecule has 142 valence electrons. The largest absolute Gasteiger partial charge is 0.489 e. The van der Waals surface area contributed by atoms with Gasteiger partial charge in [-0.3, -0.25) is 9.59 Å². The Kier molecular flexibility index (Phi) is 5.49. The number of ether oxygens (including phenoxy) is 1. The number of hydrogen-bond acceptors (Lipinski definition) is 3. The number of aryl methyl sites for hydroxylation is 1. The summed E-state index contributed by atoms with van der Waals surface area (Å²) < 4.78 is 5.83. The number of para-hydroxylation sites is 2. The average molecular weight is 366 g/mol. The molecule has 1 N–H and O–H groups in total. The van der Waals surface area contributed by atoms with Gasteiger partial charge in [0.25, 0.3) is 0 Å². The van der Waals surface area contributed by atoms with E-state index in [2.05, 4.69) is 5.32 Å². The van der Waals surface area contributed by atoms with Gasteiger partial charge in [-0.2, -0.15) is 0 Å². The monoisotopic (exact) mass is 366 g/mol. The van der Waals surface area contributed by atoms with Gasteiger partial charge in [0, 0.05) is 18.7 Å². The third-order valence-corrected chi connectivity index (χ3v) is 4.88. The minimum absolute atomic E-state index is 0.00671. The van der Waals surface area contributed by atoms with Crippen LogP contribution < -0.4 is 15.0 Å². The summed E-state index contributed by atoms with van der Waals surface area (Å²) in [5, 5.41) is 2.98. The Morgan fingerprint density at radius 2 is 1.89 bits per heavy atom. The molecule has 0 spiro atoms. The van der Waals surface area contributed by atoms with E-state index in [1.807, 2.05) is 70.2 Å². The summed E-state index contributed by atoms with van der Waals surface area (Å²) in [4.78, 5) is 27.0. The number of amides is 2. The Morgan fingerprint density at radius 1 is 1.15 bits per heavy atom. The minimum atomic E-state index is -0.385. The molecular formula is C22H26N2O3. The van der Waals surface area contributed by atoms with Crippen molar-refractivity contribution < 1.29 is 14.3 Å². The molecule has 1 saturated heterocycles. The van der Waals surface area contributed by atoms with Gasteiger partial charge in [0.15, 0.2) is 0 Å². The smallest absolute Gasteiger partial charge is 0.229 e. The van der Waals surface area contributed by atoms with Crippen LogP contribution >= 0.6 is 0 Å². The molecule has 27 heavy (non-hydrogen) atoms. The summed E-state index contributed by atoms with van der Waals surface area (Å²) in [6.45, 7) is 8.24. The number of benzene rings is 2. The maximum atomic E-state index is 12.7.